The summed E-state index contributed by atoms with van der Waals surface area (Å²) in [5.41, 5.74) is 2.06. The van der Waals surface area contributed by atoms with Crippen LogP contribution >= 0.6 is 0 Å². The van der Waals surface area contributed by atoms with Gasteiger partial charge in [-0.05, 0) is 56.4 Å². The number of carbonyl (C=O) groups excluding carboxylic acids is 1. The monoisotopic (exact) mass is 401 g/mol. The maximum absolute atomic E-state index is 13.1. The first-order chi connectivity index (χ1) is 13.3. The van der Waals surface area contributed by atoms with Crippen LogP contribution in [0.3, 0.4) is 0 Å². The summed E-state index contributed by atoms with van der Waals surface area (Å²) in [5, 5.41) is 0. The second-order valence-electron chi connectivity index (χ2n) is 7.50. The van der Waals surface area contributed by atoms with E-state index in [4.69, 9.17) is 4.18 Å². The first-order valence-corrected chi connectivity index (χ1v) is 11.2. The maximum Gasteiger partial charge on any atom is 0.308 e. The van der Waals surface area contributed by atoms with E-state index in [1.807, 2.05) is 43.0 Å². The van der Waals surface area contributed by atoms with Gasteiger partial charge in [0.1, 0.15) is 5.75 Å². The minimum absolute atomic E-state index is 0.0182. The first kappa shape index (κ1) is 20.4. The molecule has 5 nitrogen and oxygen atoms in total. The molecule has 1 saturated carbocycles. The van der Waals surface area contributed by atoms with Crippen molar-refractivity contribution in [2.45, 2.75) is 45.7 Å². The third kappa shape index (κ3) is 4.93. The predicted octanol–water partition coefficient (Wildman–Crippen LogP) is 3.96. The molecule has 0 aliphatic heterocycles. The highest BCUT2D eigenvalue weighted by atomic mass is 32.2. The molecule has 0 aromatic heterocycles. The van der Waals surface area contributed by atoms with Crippen molar-refractivity contribution in [2.24, 2.45) is 5.92 Å². The molecule has 0 heterocycles. The van der Waals surface area contributed by atoms with Crippen molar-refractivity contribution in [1.82, 2.24) is 4.90 Å². The van der Waals surface area contributed by atoms with E-state index in [1.165, 1.54) is 12.5 Å². The number of amides is 1. The van der Waals surface area contributed by atoms with E-state index in [2.05, 4.69) is 12.1 Å². The zero-order chi connectivity index (χ0) is 20.3. The van der Waals surface area contributed by atoms with Crippen LogP contribution in [0.4, 0.5) is 0 Å². The highest BCUT2D eigenvalue weighted by Gasteiger charge is 2.46. The summed E-state index contributed by atoms with van der Waals surface area (Å²) < 4.78 is 28.5. The Morgan fingerprint density at radius 3 is 2.50 bits per heavy atom. The highest BCUT2D eigenvalue weighted by Crippen LogP contribution is 2.48. The summed E-state index contributed by atoms with van der Waals surface area (Å²) in [5.74, 6) is 0.653. The molecule has 2 atom stereocenters. The number of nitrogens with zero attached hydrogens (tertiary/aromatic N) is 1. The molecule has 0 radical (unpaired) electrons. The van der Waals surface area contributed by atoms with Crippen LogP contribution in [0, 0.1) is 5.92 Å². The van der Waals surface area contributed by atoms with Gasteiger partial charge in [-0.25, -0.2) is 0 Å². The molecule has 2 aromatic carbocycles. The van der Waals surface area contributed by atoms with Crippen LogP contribution in [-0.4, -0.2) is 31.0 Å². The number of hydrogen-bond donors (Lipinski definition) is 0. The molecule has 1 amide bonds. The van der Waals surface area contributed by atoms with Crippen molar-refractivity contribution in [1.29, 1.82) is 0 Å². The molecule has 0 saturated heterocycles. The van der Waals surface area contributed by atoms with E-state index in [0.717, 1.165) is 12.0 Å². The summed E-state index contributed by atoms with van der Waals surface area (Å²) in [4.78, 5) is 15.0. The van der Waals surface area contributed by atoms with Crippen LogP contribution < -0.4 is 4.18 Å². The minimum atomic E-state index is -3.57. The molecule has 0 bridgehead atoms. The van der Waals surface area contributed by atoms with E-state index in [-0.39, 0.29) is 29.4 Å². The number of carbonyl (C=O) groups is 1. The van der Waals surface area contributed by atoms with E-state index in [1.54, 1.807) is 18.2 Å². The van der Waals surface area contributed by atoms with E-state index >= 15 is 0 Å². The van der Waals surface area contributed by atoms with Gasteiger partial charge in [0.2, 0.25) is 5.91 Å². The van der Waals surface area contributed by atoms with Crippen molar-refractivity contribution in [3.8, 4) is 5.75 Å². The Labute approximate surface area is 167 Å². The van der Waals surface area contributed by atoms with Crippen molar-refractivity contribution < 1.29 is 17.4 Å². The molecule has 0 unspecified atom stereocenters. The standard InChI is InChI=1S/C22H27NO4S/c1-4-28(25,26)27-19-12-8-9-17(13-19)15-23(16(2)3)22(24)21-14-20(21)18-10-6-5-7-11-18/h5-13,16,20-21H,4,14-15H2,1-3H3/t20-,21-/m0/s1. The zero-order valence-corrected chi connectivity index (χ0v) is 17.4. The minimum Gasteiger partial charge on any atom is -0.382 e. The topological polar surface area (TPSA) is 63.7 Å². The fourth-order valence-electron chi connectivity index (χ4n) is 3.36. The van der Waals surface area contributed by atoms with Crippen LogP contribution in [0.2, 0.25) is 0 Å². The van der Waals surface area contributed by atoms with Crippen LogP contribution in [0.5, 0.6) is 5.75 Å². The lowest BCUT2D eigenvalue weighted by molar-refractivity contribution is -0.135. The van der Waals surface area contributed by atoms with Crippen LogP contribution in [-0.2, 0) is 21.5 Å². The van der Waals surface area contributed by atoms with Crippen LogP contribution in [0.25, 0.3) is 0 Å². The van der Waals surface area contributed by atoms with Gasteiger partial charge in [-0.15, -0.1) is 0 Å². The molecule has 1 fully saturated rings. The molecule has 150 valence electrons. The fourth-order valence-corrected chi connectivity index (χ4v) is 3.88. The van der Waals surface area contributed by atoms with Crippen molar-refractivity contribution in [2.75, 3.05) is 5.75 Å². The van der Waals surface area contributed by atoms with Crippen molar-refractivity contribution in [3.05, 3.63) is 65.7 Å². The molecule has 2 aromatic rings. The molecule has 0 spiro atoms. The second-order valence-corrected chi connectivity index (χ2v) is 9.36. The van der Waals surface area contributed by atoms with E-state index < -0.39 is 10.1 Å². The average molecular weight is 402 g/mol. The Bertz CT molecular complexity index is 925. The Morgan fingerprint density at radius 1 is 1.14 bits per heavy atom. The third-order valence-electron chi connectivity index (χ3n) is 5.07. The Hall–Kier alpha value is -2.34. The molecule has 6 heteroatoms. The average Bonchev–Trinajstić information content (AvgIpc) is 3.47. The second kappa shape index (κ2) is 8.35. The summed E-state index contributed by atoms with van der Waals surface area (Å²) in [6.45, 7) is 5.97. The SMILES string of the molecule is CCS(=O)(=O)Oc1cccc(CN(C(=O)[C@H]2C[C@H]2c2ccccc2)C(C)C)c1. The molecular weight excluding hydrogens is 374 g/mol. The van der Waals surface area contributed by atoms with Gasteiger partial charge in [-0.2, -0.15) is 8.42 Å². The van der Waals surface area contributed by atoms with Gasteiger partial charge < -0.3 is 9.08 Å². The lowest BCUT2D eigenvalue weighted by Crippen LogP contribution is -2.37. The van der Waals surface area contributed by atoms with Gasteiger partial charge in [0.15, 0.2) is 0 Å². The third-order valence-corrected chi connectivity index (χ3v) is 6.22. The lowest BCUT2D eigenvalue weighted by Gasteiger charge is -2.27. The zero-order valence-electron chi connectivity index (χ0n) is 16.5. The van der Waals surface area contributed by atoms with E-state index in [0.29, 0.717) is 12.5 Å². The van der Waals surface area contributed by atoms with Gasteiger partial charge in [0.05, 0.1) is 5.75 Å². The highest BCUT2D eigenvalue weighted by molar-refractivity contribution is 7.87. The number of hydrogen-bond acceptors (Lipinski definition) is 4. The van der Waals surface area contributed by atoms with Crippen molar-refractivity contribution in [3.63, 3.8) is 0 Å². The predicted molar refractivity (Wildman–Crippen MR) is 110 cm³/mol. The van der Waals surface area contributed by atoms with E-state index in [9.17, 15) is 13.2 Å². The molecule has 0 N–H and O–H groups in total. The first-order valence-electron chi connectivity index (χ1n) is 9.67. The Kier molecular flexibility index (Phi) is 6.08. The normalized spacial score (nSPS) is 18.7. The van der Waals surface area contributed by atoms with Gasteiger partial charge in [-0.1, -0.05) is 42.5 Å². The van der Waals surface area contributed by atoms with Crippen LogP contribution in [0.15, 0.2) is 54.6 Å². The quantitative estimate of drug-likeness (QED) is 0.628. The van der Waals surface area contributed by atoms with Crippen LogP contribution in [0.1, 0.15) is 44.2 Å². The molecule has 28 heavy (non-hydrogen) atoms. The largest absolute Gasteiger partial charge is 0.382 e. The molecule has 1 aliphatic carbocycles. The number of benzene rings is 2. The van der Waals surface area contributed by atoms with Crippen molar-refractivity contribution >= 4 is 16.0 Å². The molecule has 3 rings (SSSR count). The summed E-state index contributed by atoms with van der Waals surface area (Å²) in [6.07, 6.45) is 0.879. The van der Waals surface area contributed by atoms with Gasteiger partial charge >= 0.3 is 10.1 Å². The Balaban J connectivity index is 1.71. The van der Waals surface area contributed by atoms with Gasteiger partial charge in [0, 0.05) is 18.5 Å². The lowest BCUT2D eigenvalue weighted by atomic mass is 10.1. The maximum atomic E-state index is 13.1. The number of rotatable bonds is 8. The Morgan fingerprint density at radius 2 is 1.86 bits per heavy atom. The summed E-state index contributed by atoms with van der Waals surface area (Å²) >= 11 is 0. The molecular formula is C22H27NO4S. The van der Waals surface area contributed by atoms with Gasteiger partial charge in [-0.3, -0.25) is 4.79 Å². The smallest absolute Gasteiger partial charge is 0.308 e. The molecule has 1 aliphatic rings. The fraction of sp³-hybridized carbons (Fsp3) is 0.409. The van der Waals surface area contributed by atoms with Gasteiger partial charge in [0.25, 0.3) is 0 Å². The summed E-state index contributed by atoms with van der Waals surface area (Å²) in [7, 11) is -3.57. The summed E-state index contributed by atoms with van der Waals surface area (Å²) in [6, 6.07) is 17.1.